The number of hydrogen-bond acceptors (Lipinski definition) is 3. The van der Waals surface area contributed by atoms with E-state index >= 15 is 0 Å². The molecule has 1 aliphatic heterocycles. The molecule has 0 saturated carbocycles. The fraction of sp³-hybridized carbons (Fsp3) is 0.833. The molecule has 1 unspecified atom stereocenters. The van der Waals surface area contributed by atoms with Gasteiger partial charge in [0, 0.05) is 6.42 Å². The first-order chi connectivity index (χ1) is 4.34. The largest absolute Gasteiger partial charge is 0.364 e. The Morgan fingerprint density at radius 1 is 1.89 bits per heavy atom. The zero-order chi connectivity index (χ0) is 6.69. The Morgan fingerprint density at radius 3 is 3.11 bits per heavy atom. The molecule has 0 aromatic heterocycles. The van der Waals surface area contributed by atoms with Crippen LogP contribution in [0.1, 0.15) is 13.3 Å². The molecule has 0 radical (unpaired) electrons. The highest BCUT2D eigenvalue weighted by molar-refractivity contribution is 5.84. The van der Waals surface area contributed by atoms with Crippen molar-refractivity contribution in [3.05, 3.63) is 0 Å². The monoisotopic (exact) mass is 129 g/mol. The van der Waals surface area contributed by atoms with Crippen molar-refractivity contribution in [2.75, 3.05) is 13.3 Å². The first kappa shape index (κ1) is 6.71. The third-order valence-electron chi connectivity index (χ3n) is 1.45. The Kier molecular flexibility index (Phi) is 2.19. The fourth-order valence-corrected chi connectivity index (χ4v) is 0.848. The second-order valence-electron chi connectivity index (χ2n) is 2.09. The molecule has 9 heavy (non-hydrogen) atoms. The molecule has 0 aromatic rings. The predicted molar refractivity (Wildman–Crippen MR) is 33.0 cm³/mol. The molecule has 3 nitrogen and oxygen atoms in total. The molecule has 52 valence electrons. The second kappa shape index (κ2) is 2.94. The summed E-state index contributed by atoms with van der Waals surface area (Å²) < 4.78 is 4.95. The van der Waals surface area contributed by atoms with E-state index in [0.717, 1.165) is 0 Å². The molecule has 1 heterocycles. The number of Topliss-reactive ketones (excluding diaryl/α,β-unsaturated/α-hetero) is 1. The quantitative estimate of drug-likeness (QED) is 0.566. The van der Waals surface area contributed by atoms with Crippen LogP contribution in [-0.4, -0.2) is 25.2 Å². The van der Waals surface area contributed by atoms with E-state index in [1.54, 1.807) is 0 Å². The summed E-state index contributed by atoms with van der Waals surface area (Å²) in [6.45, 7) is 2.94. The Balaban J connectivity index is 2.32. The van der Waals surface area contributed by atoms with E-state index in [2.05, 4.69) is 5.32 Å². The van der Waals surface area contributed by atoms with Gasteiger partial charge in [-0.05, 0) is 0 Å². The molecular formula is C6H11NO2. The molecular weight excluding hydrogens is 118 g/mol. The first-order valence-electron chi connectivity index (χ1n) is 3.18. The van der Waals surface area contributed by atoms with Crippen LogP contribution < -0.4 is 5.32 Å². The maximum atomic E-state index is 10.9. The van der Waals surface area contributed by atoms with Crippen molar-refractivity contribution in [3.8, 4) is 0 Å². The molecule has 0 aromatic carbocycles. The molecule has 0 aliphatic carbocycles. The zero-order valence-corrected chi connectivity index (χ0v) is 5.52. The van der Waals surface area contributed by atoms with Gasteiger partial charge in [-0.2, -0.15) is 0 Å². The molecule has 1 atom stereocenters. The number of rotatable bonds is 2. The third kappa shape index (κ3) is 1.50. The minimum absolute atomic E-state index is 0.0324. The molecule has 0 amide bonds. The number of carbonyl (C=O) groups excluding carboxylic acids is 1. The Morgan fingerprint density at radius 2 is 2.67 bits per heavy atom. The lowest BCUT2D eigenvalue weighted by Gasteiger charge is -2.02. The number of carbonyl (C=O) groups is 1. The highest BCUT2D eigenvalue weighted by Gasteiger charge is 2.20. The van der Waals surface area contributed by atoms with Crippen LogP contribution in [0.15, 0.2) is 0 Å². The summed E-state index contributed by atoms with van der Waals surface area (Å²) >= 11 is 0. The summed E-state index contributed by atoms with van der Waals surface area (Å²) in [6, 6.07) is -0.0324. The number of ketones is 1. The molecule has 0 spiro atoms. The molecule has 1 aliphatic rings. The standard InChI is InChI=1S/C6H11NO2/c1-2-6(8)5-3-9-4-7-5/h5,7H,2-4H2,1H3. The van der Waals surface area contributed by atoms with E-state index in [1.165, 1.54) is 0 Å². The Hall–Kier alpha value is -0.410. The van der Waals surface area contributed by atoms with Gasteiger partial charge in [0.2, 0.25) is 0 Å². The van der Waals surface area contributed by atoms with E-state index in [1.807, 2.05) is 6.92 Å². The van der Waals surface area contributed by atoms with Crippen LogP contribution in [0.4, 0.5) is 0 Å². The second-order valence-corrected chi connectivity index (χ2v) is 2.09. The van der Waals surface area contributed by atoms with Gasteiger partial charge in [-0.3, -0.25) is 10.1 Å². The van der Waals surface area contributed by atoms with Gasteiger partial charge in [0.05, 0.1) is 19.4 Å². The lowest BCUT2D eigenvalue weighted by atomic mass is 10.2. The Labute approximate surface area is 54.4 Å². The van der Waals surface area contributed by atoms with Crippen molar-refractivity contribution in [2.45, 2.75) is 19.4 Å². The highest BCUT2D eigenvalue weighted by atomic mass is 16.5. The summed E-state index contributed by atoms with van der Waals surface area (Å²) in [7, 11) is 0. The van der Waals surface area contributed by atoms with Crippen LogP contribution in [0, 0.1) is 0 Å². The topological polar surface area (TPSA) is 38.3 Å². The van der Waals surface area contributed by atoms with Crippen molar-refractivity contribution < 1.29 is 9.53 Å². The van der Waals surface area contributed by atoms with Gasteiger partial charge >= 0.3 is 0 Å². The van der Waals surface area contributed by atoms with Gasteiger partial charge in [-0.25, -0.2) is 0 Å². The Bertz CT molecular complexity index is 108. The van der Waals surface area contributed by atoms with Gasteiger partial charge in [-0.1, -0.05) is 6.92 Å². The molecule has 0 bridgehead atoms. The van der Waals surface area contributed by atoms with Gasteiger partial charge < -0.3 is 4.74 Å². The van der Waals surface area contributed by atoms with E-state index in [-0.39, 0.29) is 11.8 Å². The fourth-order valence-electron chi connectivity index (χ4n) is 0.848. The maximum Gasteiger partial charge on any atom is 0.151 e. The zero-order valence-electron chi connectivity index (χ0n) is 5.52. The number of ether oxygens (including phenoxy) is 1. The van der Waals surface area contributed by atoms with Gasteiger partial charge in [0.25, 0.3) is 0 Å². The minimum Gasteiger partial charge on any atom is -0.364 e. The lowest BCUT2D eigenvalue weighted by Crippen LogP contribution is -2.32. The van der Waals surface area contributed by atoms with E-state index < -0.39 is 0 Å². The minimum atomic E-state index is -0.0324. The van der Waals surface area contributed by atoms with Crippen LogP contribution in [0.2, 0.25) is 0 Å². The average molecular weight is 129 g/mol. The molecule has 1 N–H and O–H groups in total. The molecule has 1 fully saturated rings. The summed E-state index contributed by atoms with van der Waals surface area (Å²) in [6.07, 6.45) is 0.598. The molecule has 1 rings (SSSR count). The third-order valence-corrected chi connectivity index (χ3v) is 1.45. The van der Waals surface area contributed by atoms with E-state index in [9.17, 15) is 4.79 Å². The number of hydrogen-bond donors (Lipinski definition) is 1. The average Bonchev–Trinajstić information content (AvgIpc) is 2.37. The van der Waals surface area contributed by atoms with Crippen LogP contribution in [0.5, 0.6) is 0 Å². The predicted octanol–water partition coefficient (Wildman–Crippen LogP) is -0.0886. The van der Waals surface area contributed by atoms with Crippen LogP contribution in [-0.2, 0) is 9.53 Å². The maximum absolute atomic E-state index is 10.9. The molecule has 1 saturated heterocycles. The van der Waals surface area contributed by atoms with Gasteiger partial charge in [0.1, 0.15) is 0 Å². The molecule has 3 heteroatoms. The van der Waals surface area contributed by atoms with Crippen molar-refractivity contribution in [2.24, 2.45) is 0 Å². The van der Waals surface area contributed by atoms with Crippen molar-refractivity contribution >= 4 is 5.78 Å². The summed E-state index contributed by atoms with van der Waals surface area (Å²) in [5.74, 6) is 0.243. The van der Waals surface area contributed by atoms with Crippen LogP contribution >= 0.6 is 0 Å². The van der Waals surface area contributed by atoms with Crippen LogP contribution in [0.25, 0.3) is 0 Å². The number of nitrogens with one attached hydrogen (secondary N) is 1. The van der Waals surface area contributed by atoms with Crippen LogP contribution in [0.3, 0.4) is 0 Å². The summed E-state index contributed by atoms with van der Waals surface area (Å²) in [5, 5.41) is 2.94. The first-order valence-corrected chi connectivity index (χ1v) is 3.18. The van der Waals surface area contributed by atoms with Gasteiger partial charge in [-0.15, -0.1) is 0 Å². The smallest absolute Gasteiger partial charge is 0.151 e. The van der Waals surface area contributed by atoms with E-state index in [4.69, 9.17) is 4.74 Å². The van der Waals surface area contributed by atoms with Gasteiger partial charge in [0.15, 0.2) is 5.78 Å². The van der Waals surface area contributed by atoms with Crippen molar-refractivity contribution in [1.29, 1.82) is 0 Å². The van der Waals surface area contributed by atoms with E-state index in [0.29, 0.717) is 19.8 Å². The highest BCUT2D eigenvalue weighted by Crippen LogP contribution is 1.97. The van der Waals surface area contributed by atoms with Crippen molar-refractivity contribution in [1.82, 2.24) is 5.32 Å². The summed E-state index contributed by atoms with van der Waals surface area (Å²) in [5.41, 5.74) is 0. The lowest BCUT2D eigenvalue weighted by molar-refractivity contribution is -0.120. The van der Waals surface area contributed by atoms with Crippen molar-refractivity contribution in [3.63, 3.8) is 0 Å². The normalized spacial score (nSPS) is 26.6. The SMILES string of the molecule is CCC(=O)C1COCN1. The summed E-state index contributed by atoms with van der Waals surface area (Å²) in [4.78, 5) is 10.9.